The van der Waals surface area contributed by atoms with Crippen molar-refractivity contribution in [3.05, 3.63) is 30.3 Å². The van der Waals surface area contributed by atoms with Crippen molar-refractivity contribution >= 4 is 8.60 Å². The minimum atomic E-state index is -1.28. The van der Waals surface area contributed by atoms with Crippen LogP contribution in [0.1, 0.15) is 27.2 Å². The first-order valence-electron chi connectivity index (χ1n) is 5.44. The summed E-state index contributed by atoms with van der Waals surface area (Å²) >= 11 is 0. The molecule has 1 aliphatic rings. The first-order valence-corrected chi connectivity index (χ1v) is 6.54. The van der Waals surface area contributed by atoms with Gasteiger partial charge >= 0.3 is 8.60 Å². The fraction of sp³-hybridized carbons (Fsp3) is 0.500. The van der Waals surface area contributed by atoms with E-state index in [1.165, 1.54) is 0 Å². The molecule has 0 aliphatic carbocycles. The topological polar surface area (TPSA) is 27.7 Å². The van der Waals surface area contributed by atoms with Gasteiger partial charge < -0.3 is 4.52 Å². The molecule has 0 bridgehead atoms. The zero-order chi connectivity index (χ0) is 11.6. The highest BCUT2D eigenvalue weighted by Gasteiger charge is 2.36. The summed E-state index contributed by atoms with van der Waals surface area (Å²) in [5, 5.41) is 0. The van der Waals surface area contributed by atoms with E-state index in [2.05, 4.69) is 13.8 Å². The van der Waals surface area contributed by atoms with E-state index in [1.807, 2.05) is 37.3 Å². The third-order valence-electron chi connectivity index (χ3n) is 2.29. The smallest absolute Gasteiger partial charge is 0.398 e. The molecule has 2 rings (SSSR count). The molecule has 0 aromatic heterocycles. The molecule has 1 aromatic carbocycles. The van der Waals surface area contributed by atoms with Gasteiger partial charge in [-0.3, -0.25) is 9.05 Å². The molecule has 2 unspecified atom stereocenters. The van der Waals surface area contributed by atoms with E-state index in [1.54, 1.807) is 0 Å². The van der Waals surface area contributed by atoms with Crippen LogP contribution in [-0.2, 0) is 9.05 Å². The first-order chi connectivity index (χ1) is 7.55. The zero-order valence-corrected chi connectivity index (χ0v) is 10.7. The molecule has 1 aromatic rings. The van der Waals surface area contributed by atoms with E-state index in [-0.39, 0.29) is 11.7 Å². The minimum absolute atomic E-state index is 0.169. The largest absolute Gasteiger partial charge is 0.427 e. The molecular weight excluding hydrogens is 223 g/mol. The summed E-state index contributed by atoms with van der Waals surface area (Å²) in [6.07, 6.45) is 1.07. The lowest BCUT2D eigenvalue weighted by atomic mass is 10.0. The molecule has 2 atom stereocenters. The van der Waals surface area contributed by atoms with Crippen LogP contribution in [0, 0.1) is 0 Å². The molecule has 1 fully saturated rings. The Morgan fingerprint density at radius 2 is 2.00 bits per heavy atom. The van der Waals surface area contributed by atoms with Gasteiger partial charge in [-0.1, -0.05) is 18.2 Å². The fourth-order valence-corrected chi connectivity index (χ4v) is 3.01. The molecule has 0 amide bonds. The van der Waals surface area contributed by atoms with Crippen LogP contribution in [0.3, 0.4) is 0 Å². The van der Waals surface area contributed by atoms with Gasteiger partial charge in [0, 0.05) is 6.42 Å². The highest BCUT2D eigenvalue weighted by Crippen LogP contribution is 2.50. The maximum absolute atomic E-state index is 5.77. The van der Waals surface area contributed by atoms with Gasteiger partial charge in [0.1, 0.15) is 5.75 Å². The molecule has 0 spiro atoms. The molecule has 1 heterocycles. The van der Waals surface area contributed by atoms with E-state index in [0.717, 1.165) is 12.2 Å². The standard InChI is InChI=1S/C12H17O3P/c1-10-9-12(2,3)15-16(13-10)14-11-7-5-4-6-8-11/h4-8,10H,9H2,1-3H3. The molecule has 4 heteroatoms. The van der Waals surface area contributed by atoms with Crippen molar-refractivity contribution in [3.8, 4) is 5.75 Å². The van der Waals surface area contributed by atoms with Crippen molar-refractivity contribution in [1.29, 1.82) is 0 Å². The van der Waals surface area contributed by atoms with E-state index < -0.39 is 8.60 Å². The number of hydrogen-bond acceptors (Lipinski definition) is 3. The first kappa shape index (κ1) is 11.8. The predicted octanol–water partition coefficient (Wildman–Crippen LogP) is 3.90. The lowest BCUT2D eigenvalue weighted by Crippen LogP contribution is -2.33. The van der Waals surface area contributed by atoms with Crippen molar-refractivity contribution in [2.75, 3.05) is 0 Å². The lowest BCUT2D eigenvalue weighted by molar-refractivity contribution is -0.0121. The highest BCUT2D eigenvalue weighted by molar-refractivity contribution is 7.42. The number of para-hydroxylation sites is 1. The van der Waals surface area contributed by atoms with E-state index in [0.29, 0.717) is 0 Å². The number of rotatable bonds is 2. The summed E-state index contributed by atoms with van der Waals surface area (Å²) in [7, 11) is -1.28. The van der Waals surface area contributed by atoms with Gasteiger partial charge in [-0.05, 0) is 32.9 Å². The van der Waals surface area contributed by atoms with Gasteiger partial charge in [-0.15, -0.1) is 0 Å². The Morgan fingerprint density at radius 3 is 2.62 bits per heavy atom. The van der Waals surface area contributed by atoms with Crippen LogP contribution in [0.25, 0.3) is 0 Å². The average Bonchev–Trinajstić information content (AvgIpc) is 2.15. The Kier molecular flexibility index (Phi) is 3.48. The highest BCUT2D eigenvalue weighted by atomic mass is 31.2. The number of benzene rings is 1. The van der Waals surface area contributed by atoms with Crippen molar-refractivity contribution in [3.63, 3.8) is 0 Å². The Balaban J connectivity index is 2.00. The SMILES string of the molecule is CC1CC(C)(C)OP(Oc2ccccc2)O1. The molecular formula is C12H17O3P. The summed E-state index contributed by atoms with van der Waals surface area (Å²) in [4.78, 5) is 0. The van der Waals surface area contributed by atoms with Crippen molar-refractivity contribution in [1.82, 2.24) is 0 Å². The molecule has 3 nitrogen and oxygen atoms in total. The maximum Gasteiger partial charge on any atom is 0.398 e. The van der Waals surface area contributed by atoms with E-state index in [9.17, 15) is 0 Å². The molecule has 0 radical (unpaired) electrons. The van der Waals surface area contributed by atoms with Gasteiger partial charge in [0.25, 0.3) is 0 Å². The molecule has 1 aliphatic heterocycles. The summed E-state index contributed by atoms with van der Waals surface area (Å²) in [6, 6.07) is 9.63. The second-order valence-electron chi connectivity index (χ2n) is 4.60. The van der Waals surface area contributed by atoms with Gasteiger partial charge in [-0.25, -0.2) is 0 Å². The Bertz CT molecular complexity index is 339. The minimum Gasteiger partial charge on any atom is -0.427 e. The average molecular weight is 240 g/mol. The van der Waals surface area contributed by atoms with Gasteiger partial charge in [0.15, 0.2) is 0 Å². The monoisotopic (exact) mass is 240 g/mol. The van der Waals surface area contributed by atoms with Crippen LogP contribution in [0.4, 0.5) is 0 Å². The summed E-state index contributed by atoms with van der Waals surface area (Å²) in [5.74, 6) is 0.790. The third-order valence-corrected chi connectivity index (χ3v) is 3.83. The zero-order valence-electron chi connectivity index (χ0n) is 9.84. The fourth-order valence-electron chi connectivity index (χ4n) is 1.74. The van der Waals surface area contributed by atoms with Crippen molar-refractivity contribution in [2.24, 2.45) is 0 Å². The maximum atomic E-state index is 5.77. The van der Waals surface area contributed by atoms with Gasteiger partial charge in [0.2, 0.25) is 0 Å². The summed E-state index contributed by atoms with van der Waals surface area (Å²) < 4.78 is 17.1. The van der Waals surface area contributed by atoms with Crippen LogP contribution < -0.4 is 4.52 Å². The second-order valence-corrected chi connectivity index (χ2v) is 5.62. The molecule has 16 heavy (non-hydrogen) atoms. The van der Waals surface area contributed by atoms with Crippen molar-refractivity contribution in [2.45, 2.75) is 38.9 Å². The summed E-state index contributed by atoms with van der Waals surface area (Å²) in [6.45, 7) is 6.18. The van der Waals surface area contributed by atoms with Gasteiger partial charge in [0.05, 0.1) is 11.7 Å². The normalized spacial score (nSPS) is 28.7. The van der Waals surface area contributed by atoms with Crippen molar-refractivity contribution < 1.29 is 13.6 Å². The predicted molar refractivity (Wildman–Crippen MR) is 64.3 cm³/mol. The Labute approximate surface area is 97.7 Å². The number of hydrogen-bond donors (Lipinski definition) is 0. The summed E-state index contributed by atoms with van der Waals surface area (Å²) in [5.41, 5.74) is -0.169. The van der Waals surface area contributed by atoms with E-state index in [4.69, 9.17) is 13.6 Å². The molecule has 0 N–H and O–H groups in total. The Hall–Kier alpha value is -0.630. The third kappa shape index (κ3) is 3.18. The Morgan fingerprint density at radius 1 is 1.31 bits per heavy atom. The van der Waals surface area contributed by atoms with Crippen LogP contribution in [0.2, 0.25) is 0 Å². The second kappa shape index (κ2) is 4.70. The molecule has 1 saturated heterocycles. The molecule has 88 valence electrons. The van der Waals surface area contributed by atoms with E-state index >= 15 is 0 Å². The van der Waals surface area contributed by atoms with Crippen LogP contribution in [0.15, 0.2) is 30.3 Å². The van der Waals surface area contributed by atoms with Gasteiger partial charge in [-0.2, -0.15) is 0 Å². The van der Waals surface area contributed by atoms with Crippen LogP contribution in [0.5, 0.6) is 5.75 Å². The van der Waals surface area contributed by atoms with Crippen LogP contribution in [-0.4, -0.2) is 11.7 Å². The van der Waals surface area contributed by atoms with Crippen LogP contribution >= 0.6 is 8.60 Å². The molecule has 0 saturated carbocycles. The quantitative estimate of drug-likeness (QED) is 0.734. The lowest BCUT2D eigenvalue weighted by Gasteiger charge is -2.36.